The number of amides is 1. The van der Waals surface area contributed by atoms with Crippen molar-refractivity contribution >= 4 is 21.8 Å². The lowest BCUT2D eigenvalue weighted by atomic mass is 10.1. The summed E-state index contributed by atoms with van der Waals surface area (Å²) in [4.78, 5) is 13.9. The molecule has 1 aromatic carbocycles. The van der Waals surface area contributed by atoms with Crippen molar-refractivity contribution < 1.29 is 9.53 Å². The Kier molecular flexibility index (Phi) is 6.87. The van der Waals surface area contributed by atoms with Crippen LogP contribution in [0.2, 0.25) is 0 Å². The fraction of sp³-hybridized carbons (Fsp3) is 0.500. The van der Waals surface area contributed by atoms with Crippen molar-refractivity contribution in [3.63, 3.8) is 0 Å². The predicted molar refractivity (Wildman–Crippen MR) is 80.6 cm³/mol. The average Bonchev–Trinajstić information content (AvgIpc) is 2.35. The number of ether oxygens (including phenoxy) is 1. The lowest BCUT2D eigenvalue weighted by molar-refractivity contribution is -0.120. The second-order valence-electron chi connectivity index (χ2n) is 4.64. The number of methoxy groups -OCH3 is 1. The quantitative estimate of drug-likeness (QED) is 0.779. The minimum Gasteiger partial charge on any atom is -0.496 e. The normalized spacial score (nSPS) is 10.6. The first kappa shape index (κ1) is 16.0. The highest BCUT2D eigenvalue weighted by molar-refractivity contribution is 9.10. The van der Waals surface area contributed by atoms with Crippen molar-refractivity contribution in [3.05, 3.63) is 28.2 Å². The summed E-state index contributed by atoms with van der Waals surface area (Å²) in [6.07, 6.45) is 1.29. The molecular weight excluding hydrogens is 308 g/mol. The van der Waals surface area contributed by atoms with Crippen LogP contribution in [0.25, 0.3) is 0 Å². The van der Waals surface area contributed by atoms with E-state index in [0.717, 1.165) is 28.8 Å². The van der Waals surface area contributed by atoms with Gasteiger partial charge in [-0.3, -0.25) is 4.79 Å². The third kappa shape index (κ3) is 6.07. The highest BCUT2D eigenvalue weighted by Gasteiger charge is 2.09. The summed E-state index contributed by atoms with van der Waals surface area (Å²) in [5.74, 6) is 0.766. The Labute approximate surface area is 123 Å². The van der Waals surface area contributed by atoms with Gasteiger partial charge in [0.2, 0.25) is 5.91 Å². The van der Waals surface area contributed by atoms with Crippen LogP contribution in [0, 0.1) is 0 Å². The Morgan fingerprint density at radius 1 is 1.42 bits per heavy atom. The maximum absolute atomic E-state index is 11.8. The van der Waals surface area contributed by atoms with E-state index in [1.807, 2.05) is 32.3 Å². The van der Waals surface area contributed by atoms with Gasteiger partial charge in [-0.05, 0) is 45.3 Å². The molecule has 0 unspecified atom stereocenters. The van der Waals surface area contributed by atoms with Gasteiger partial charge in [0.05, 0.1) is 13.5 Å². The van der Waals surface area contributed by atoms with E-state index in [1.54, 1.807) is 7.11 Å². The minimum atomic E-state index is 0.0233. The highest BCUT2D eigenvalue weighted by atomic mass is 79.9. The molecule has 0 fully saturated rings. The van der Waals surface area contributed by atoms with Gasteiger partial charge in [0.25, 0.3) is 0 Å². The number of benzene rings is 1. The maximum atomic E-state index is 11.8. The van der Waals surface area contributed by atoms with Crippen LogP contribution in [0.3, 0.4) is 0 Å². The SMILES string of the molecule is COc1ccc(Br)cc1CC(=O)NCCCN(C)C. The Hall–Kier alpha value is -1.07. The van der Waals surface area contributed by atoms with Gasteiger partial charge in [-0.2, -0.15) is 0 Å². The zero-order valence-corrected chi connectivity index (χ0v) is 13.3. The summed E-state index contributed by atoms with van der Waals surface area (Å²) in [6, 6.07) is 5.67. The van der Waals surface area contributed by atoms with Gasteiger partial charge in [-0.1, -0.05) is 15.9 Å². The lowest BCUT2D eigenvalue weighted by Crippen LogP contribution is -2.28. The summed E-state index contributed by atoms with van der Waals surface area (Å²) < 4.78 is 6.20. The van der Waals surface area contributed by atoms with Gasteiger partial charge in [-0.15, -0.1) is 0 Å². The number of carbonyl (C=O) groups excluding carboxylic acids is 1. The summed E-state index contributed by atoms with van der Waals surface area (Å²) in [7, 11) is 5.66. The van der Waals surface area contributed by atoms with E-state index in [9.17, 15) is 4.79 Å². The second kappa shape index (κ2) is 8.17. The maximum Gasteiger partial charge on any atom is 0.224 e. The predicted octanol–water partition coefficient (Wildman–Crippen LogP) is 2.07. The first-order valence-corrected chi connectivity index (χ1v) is 7.06. The van der Waals surface area contributed by atoms with Crippen molar-refractivity contribution in [1.29, 1.82) is 0 Å². The van der Waals surface area contributed by atoms with Gasteiger partial charge in [-0.25, -0.2) is 0 Å². The number of halogens is 1. The molecule has 0 saturated heterocycles. The third-order valence-electron chi connectivity index (χ3n) is 2.70. The number of carbonyl (C=O) groups is 1. The molecule has 0 aromatic heterocycles. The largest absolute Gasteiger partial charge is 0.496 e. The van der Waals surface area contributed by atoms with E-state index < -0.39 is 0 Å². The second-order valence-corrected chi connectivity index (χ2v) is 5.56. The molecule has 0 aliphatic heterocycles. The molecule has 1 rings (SSSR count). The minimum absolute atomic E-state index is 0.0233. The highest BCUT2D eigenvalue weighted by Crippen LogP contribution is 2.23. The van der Waals surface area contributed by atoms with Crippen LogP contribution in [0.15, 0.2) is 22.7 Å². The summed E-state index contributed by atoms with van der Waals surface area (Å²) in [5.41, 5.74) is 0.891. The molecule has 0 aliphatic carbocycles. The molecule has 0 saturated carbocycles. The van der Waals surface area contributed by atoms with Crippen molar-refractivity contribution in [2.24, 2.45) is 0 Å². The zero-order valence-electron chi connectivity index (χ0n) is 11.7. The van der Waals surface area contributed by atoms with Crippen molar-refractivity contribution in [3.8, 4) is 5.75 Å². The Balaban J connectivity index is 2.45. The third-order valence-corrected chi connectivity index (χ3v) is 3.19. The van der Waals surface area contributed by atoms with Crippen LogP contribution in [0.4, 0.5) is 0 Å². The molecule has 0 atom stereocenters. The lowest BCUT2D eigenvalue weighted by Gasteiger charge is -2.11. The summed E-state index contributed by atoms with van der Waals surface area (Å²) in [6.45, 7) is 1.67. The summed E-state index contributed by atoms with van der Waals surface area (Å²) in [5, 5.41) is 2.92. The zero-order chi connectivity index (χ0) is 14.3. The molecule has 0 bridgehead atoms. The van der Waals surface area contributed by atoms with E-state index in [1.165, 1.54) is 0 Å². The number of nitrogens with zero attached hydrogens (tertiary/aromatic N) is 1. The molecule has 5 heteroatoms. The summed E-state index contributed by atoms with van der Waals surface area (Å²) >= 11 is 3.40. The molecule has 0 aliphatic rings. The number of rotatable bonds is 7. The van der Waals surface area contributed by atoms with Crippen LogP contribution in [-0.2, 0) is 11.2 Å². The number of hydrogen-bond acceptors (Lipinski definition) is 3. The van der Waals surface area contributed by atoms with Crippen LogP contribution >= 0.6 is 15.9 Å². The number of nitrogens with one attached hydrogen (secondary N) is 1. The molecule has 0 heterocycles. The molecule has 0 radical (unpaired) electrons. The molecule has 106 valence electrons. The topological polar surface area (TPSA) is 41.6 Å². The van der Waals surface area contributed by atoms with Gasteiger partial charge in [0, 0.05) is 16.6 Å². The van der Waals surface area contributed by atoms with E-state index in [-0.39, 0.29) is 5.91 Å². The van der Waals surface area contributed by atoms with E-state index in [4.69, 9.17) is 4.74 Å². The fourth-order valence-electron chi connectivity index (χ4n) is 1.74. The average molecular weight is 329 g/mol. The molecule has 19 heavy (non-hydrogen) atoms. The smallest absolute Gasteiger partial charge is 0.224 e. The first-order valence-electron chi connectivity index (χ1n) is 6.26. The first-order chi connectivity index (χ1) is 9.02. The van der Waals surface area contributed by atoms with Crippen LogP contribution in [0.5, 0.6) is 5.75 Å². The van der Waals surface area contributed by atoms with Crippen molar-refractivity contribution in [2.45, 2.75) is 12.8 Å². The Morgan fingerprint density at radius 2 is 2.16 bits per heavy atom. The van der Waals surface area contributed by atoms with Crippen molar-refractivity contribution in [2.75, 3.05) is 34.3 Å². The van der Waals surface area contributed by atoms with E-state index >= 15 is 0 Å². The van der Waals surface area contributed by atoms with Gasteiger partial charge in [0.15, 0.2) is 0 Å². The van der Waals surface area contributed by atoms with E-state index in [2.05, 4.69) is 26.1 Å². The Bertz CT molecular complexity index is 422. The van der Waals surface area contributed by atoms with Gasteiger partial charge in [0.1, 0.15) is 5.75 Å². The fourth-order valence-corrected chi connectivity index (χ4v) is 2.15. The van der Waals surface area contributed by atoms with Gasteiger partial charge >= 0.3 is 0 Å². The molecule has 1 N–H and O–H groups in total. The molecule has 4 nitrogen and oxygen atoms in total. The van der Waals surface area contributed by atoms with Gasteiger partial charge < -0.3 is 15.0 Å². The van der Waals surface area contributed by atoms with E-state index in [0.29, 0.717) is 13.0 Å². The van der Waals surface area contributed by atoms with Crippen molar-refractivity contribution in [1.82, 2.24) is 10.2 Å². The van der Waals surface area contributed by atoms with Crippen LogP contribution < -0.4 is 10.1 Å². The monoisotopic (exact) mass is 328 g/mol. The number of hydrogen-bond donors (Lipinski definition) is 1. The van der Waals surface area contributed by atoms with Crippen LogP contribution in [-0.4, -0.2) is 45.1 Å². The molecular formula is C14H21BrN2O2. The molecule has 1 amide bonds. The standard InChI is InChI=1S/C14H21BrN2O2/c1-17(2)8-4-7-16-14(18)10-11-9-12(15)5-6-13(11)19-3/h5-6,9H,4,7-8,10H2,1-3H3,(H,16,18). The molecule has 0 spiro atoms. The van der Waals surface area contributed by atoms with Crippen LogP contribution in [0.1, 0.15) is 12.0 Å². The Morgan fingerprint density at radius 3 is 2.79 bits per heavy atom. The molecule has 1 aromatic rings.